The van der Waals surface area contributed by atoms with Crippen molar-refractivity contribution in [3.05, 3.63) is 59.8 Å². The molecular weight excluding hydrogens is 399 g/mol. The molecule has 1 aliphatic rings. The number of nitrogens with zero attached hydrogens (tertiary/aromatic N) is 2. The Labute approximate surface area is 160 Å². The molecule has 2 aromatic carbocycles. The molecular formula is C19H11F5N2O3. The molecule has 0 fully saturated rings. The summed E-state index contributed by atoms with van der Waals surface area (Å²) in [5.41, 5.74) is -0.0146. The maximum absolute atomic E-state index is 13.3. The molecule has 10 heteroatoms. The van der Waals surface area contributed by atoms with Crippen LogP contribution >= 0.6 is 0 Å². The highest BCUT2D eigenvalue weighted by molar-refractivity contribution is 5.57. The minimum Gasteiger partial charge on any atom is -0.435 e. The van der Waals surface area contributed by atoms with E-state index >= 15 is 0 Å². The second kappa shape index (κ2) is 6.57. The minimum absolute atomic E-state index is 0.000357. The zero-order chi connectivity index (χ0) is 20.8. The van der Waals surface area contributed by atoms with Gasteiger partial charge in [-0.1, -0.05) is 18.2 Å². The minimum atomic E-state index is -4.46. The van der Waals surface area contributed by atoms with Crippen LogP contribution in [0.3, 0.4) is 0 Å². The van der Waals surface area contributed by atoms with Crippen LogP contribution in [0.15, 0.2) is 48.5 Å². The number of para-hydroxylation sites is 1. The van der Waals surface area contributed by atoms with Crippen LogP contribution < -0.4 is 14.2 Å². The van der Waals surface area contributed by atoms with Crippen LogP contribution in [0.25, 0.3) is 11.4 Å². The first-order chi connectivity index (χ1) is 13.6. The standard InChI is InChI=1S/C19H11F5N2O3/c1-10-9-15(27-13-3-2-4-14-16(13)29-19(23,24)28-14)26-17(25-10)11-5-7-12(8-6-11)18(20,21)22/h2-9H,1H3. The highest BCUT2D eigenvalue weighted by atomic mass is 19.4. The molecule has 0 unspecified atom stereocenters. The van der Waals surface area contributed by atoms with Gasteiger partial charge in [0.15, 0.2) is 17.3 Å². The number of alkyl halides is 5. The Bertz CT molecular complexity index is 1070. The van der Waals surface area contributed by atoms with E-state index in [-0.39, 0.29) is 29.0 Å². The lowest BCUT2D eigenvalue weighted by Crippen LogP contribution is -2.26. The van der Waals surface area contributed by atoms with E-state index in [1.807, 2.05) is 0 Å². The molecule has 5 nitrogen and oxygen atoms in total. The van der Waals surface area contributed by atoms with E-state index in [0.29, 0.717) is 11.3 Å². The molecule has 0 aliphatic carbocycles. The zero-order valence-corrected chi connectivity index (χ0v) is 14.6. The second-order valence-electron chi connectivity index (χ2n) is 6.10. The van der Waals surface area contributed by atoms with E-state index in [1.54, 1.807) is 6.92 Å². The molecule has 0 amide bonds. The van der Waals surface area contributed by atoms with Gasteiger partial charge in [0, 0.05) is 17.3 Å². The van der Waals surface area contributed by atoms with Crippen molar-refractivity contribution in [2.75, 3.05) is 0 Å². The van der Waals surface area contributed by atoms with Gasteiger partial charge in [0.25, 0.3) is 0 Å². The second-order valence-corrected chi connectivity index (χ2v) is 6.10. The summed E-state index contributed by atoms with van der Waals surface area (Å²) in [6.07, 6.45) is -8.27. The highest BCUT2D eigenvalue weighted by Crippen LogP contribution is 2.48. The van der Waals surface area contributed by atoms with Crippen molar-refractivity contribution in [1.82, 2.24) is 9.97 Å². The van der Waals surface area contributed by atoms with E-state index in [0.717, 1.165) is 12.1 Å². The lowest BCUT2D eigenvalue weighted by molar-refractivity contribution is -0.287. The van der Waals surface area contributed by atoms with Gasteiger partial charge in [-0.25, -0.2) is 4.98 Å². The predicted octanol–water partition coefficient (Wildman–Crippen LogP) is 5.58. The van der Waals surface area contributed by atoms with Gasteiger partial charge in [-0.2, -0.15) is 18.2 Å². The molecule has 1 aliphatic heterocycles. The van der Waals surface area contributed by atoms with Crippen molar-refractivity contribution in [2.24, 2.45) is 0 Å². The number of aromatic nitrogens is 2. The van der Waals surface area contributed by atoms with Crippen LogP contribution in [0, 0.1) is 6.92 Å². The first-order valence-corrected chi connectivity index (χ1v) is 8.21. The van der Waals surface area contributed by atoms with Crippen LogP contribution in [-0.4, -0.2) is 16.3 Å². The van der Waals surface area contributed by atoms with E-state index in [9.17, 15) is 22.0 Å². The summed E-state index contributed by atoms with van der Waals surface area (Å²) in [5.74, 6) is -0.425. The normalized spacial score (nSPS) is 14.7. The zero-order valence-electron chi connectivity index (χ0n) is 14.6. The van der Waals surface area contributed by atoms with Gasteiger partial charge in [-0.05, 0) is 31.2 Å². The molecule has 150 valence electrons. The quantitative estimate of drug-likeness (QED) is 0.528. The lowest BCUT2D eigenvalue weighted by atomic mass is 10.1. The molecule has 0 N–H and O–H groups in total. The summed E-state index contributed by atoms with van der Waals surface area (Å²) in [5, 5.41) is 0. The average molecular weight is 410 g/mol. The Morgan fingerprint density at radius 2 is 1.69 bits per heavy atom. The van der Waals surface area contributed by atoms with E-state index in [1.165, 1.54) is 36.4 Å². The van der Waals surface area contributed by atoms with Gasteiger partial charge < -0.3 is 14.2 Å². The summed E-state index contributed by atoms with van der Waals surface area (Å²) in [7, 11) is 0. The first kappa shape index (κ1) is 18.9. The fraction of sp³-hybridized carbons (Fsp3) is 0.158. The predicted molar refractivity (Wildman–Crippen MR) is 89.9 cm³/mol. The van der Waals surface area contributed by atoms with Crippen molar-refractivity contribution in [1.29, 1.82) is 0 Å². The summed E-state index contributed by atoms with van der Waals surface area (Å²) >= 11 is 0. The van der Waals surface area contributed by atoms with Gasteiger partial charge in [0.2, 0.25) is 11.6 Å². The van der Waals surface area contributed by atoms with E-state index < -0.39 is 18.0 Å². The molecule has 1 aromatic heterocycles. The fourth-order valence-corrected chi connectivity index (χ4v) is 2.67. The lowest BCUT2D eigenvalue weighted by Gasteiger charge is -2.11. The Hall–Kier alpha value is -3.43. The Kier molecular flexibility index (Phi) is 4.29. The third-order valence-corrected chi connectivity index (χ3v) is 3.91. The summed E-state index contributed by atoms with van der Waals surface area (Å²) in [6.45, 7) is 1.63. The molecule has 2 heterocycles. The summed E-state index contributed by atoms with van der Waals surface area (Å²) in [4.78, 5) is 8.34. The summed E-state index contributed by atoms with van der Waals surface area (Å²) in [6, 6.07) is 9.86. The van der Waals surface area contributed by atoms with Crippen molar-refractivity contribution < 1.29 is 36.2 Å². The Morgan fingerprint density at radius 1 is 0.966 bits per heavy atom. The molecule has 0 saturated heterocycles. The van der Waals surface area contributed by atoms with Gasteiger partial charge in [-0.3, -0.25) is 0 Å². The topological polar surface area (TPSA) is 53.5 Å². The maximum Gasteiger partial charge on any atom is 0.586 e. The Balaban J connectivity index is 1.65. The van der Waals surface area contributed by atoms with Crippen LogP contribution in [0.5, 0.6) is 23.1 Å². The smallest absolute Gasteiger partial charge is 0.435 e. The summed E-state index contributed by atoms with van der Waals surface area (Å²) < 4.78 is 79.2. The van der Waals surface area contributed by atoms with E-state index in [2.05, 4.69) is 19.4 Å². The number of hydrogen-bond acceptors (Lipinski definition) is 5. The Morgan fingerprint density at radius 3 is 2.38 bits per heavy atom. The number of aryl methyl sites for hydroxylation is 1. The average Bonchev–Trinajstić information content (AvgIpc) is 2.96. The van der Waals surface area contributed by atoms with Crippen LogP contribution in [0.1, 0.15) is 11.3 Å². The first-order valence-electron chi connectivity index (χ1n) is 8.21. The number of halogens is 5. The monoisotopic (exact) mass is 410 g/mol. The van der Waals surface area contributed by atoms with Crippen LogP contribution in [-0.2, 0) is 6.18 Å². The molecule has 4 rings (SSSR count). The van der Waals surface area contributed by atoms with Gasteiger partial charge in [0.1, 0.15) is 0 Å². The number of benzene rings is 2. The molecule has 3 aromatic rings. The number of hydrogen-bond donors (Lipinski definition) is 0. The third-order valence-electron chi connectivity index (χ3n) is 3.91. The maximum atomic E-state index is 13.3. The van der Waals surface area contributed by atoms with Crippen LogP contribution in [0.4, 0.5) is 22.0 Å². The van der Waals surface area contributed by atoms with Crippen molar-refractivity contribution in [2.45, 2.75) is 19.4 Å². The largest absolute Gasteiger partial charge is 0.586 e. The number of rotatable bonds is 3. The van der Waals surface area contributed by atoms with E-state index in [4.69, 9.17) is 4.74 Å². The molecule has 0 bridgehead atoms. The van der Waals surface area contributed by atoms with Gasteiger partial charge >= 0.3 is 12.5 Å². The van der Waals surface area contributed by atoms with Crippen molar-refractivity contribution in [3.8, 4) is 34.5 Å². The molecule has 0 spiro atoms. The third kappa shape index (κ3) is 3.91. The molecule has 29 heavy (non-hydrogen) atoms. The molecule has 0 saturated carbocycles. The SMILES string of the molecule is Cc1cc(Oc2cccc3c2OC(F)(F)O3)nc(-c2ccc(C(F)(F)F)cc2)n1. The van der Waals surface area contributed by atoms with Gasteiger partial charge in [0.05, 0.1) is 5.56 Å². The van der Waals surface area contributed by atoms with Crippen LogP contribution in [0.2, 0.25) is 0 Å². The number of fused-ring (bicyclic) bond motifs is 1. The number of ether oxygens (including phenoxy) is 3. The molecule has 0 radical (unpaired) electrons. The molecule has 0 atom stereocenters. The van der Waals surface area contributed by atoms with Gasteiger partial charge in [-0.15, -0.1) is 8.78 Å². The fourth-order valence-electron chi connectivity index (χ4n) is 2.67. The van der Waals surface area contributed by atoms with Crippen molar-refractivity contribution in [3.63, 3.8) is 0 Å². The highest BCUT2D eigenvalue weighted by Gasteiger charge is 2.45. The van der Waals surface area contributed by atoms with Crippen molar-refractivity contribution >= 4 is 0 Å².